The second kappa shape index (κ2) is 12.2. The molecule has 3 heterocycles. The number of rotatable bonds is 9. The third kappa shape index (κ3) is 5.74. The van der Waals surface area contributed by atoms with E-state index < -0.39 is 11.7 Å². The topological polar surface area (TPSA) is 65.0 Å². The maximum absolute atomic E-state index is 13.8. The van der Waals surface area contributed by atoms with Gasteiger partial charge < -0.3 is 19.4 Å². The van der Waals surface area contributed by atoms with Crippen LogP contribution in [-0.4, -0.2) is 90.8 Å². The Morgan fingerprint density at radius 1 is 1.09 bits per heavy atom. The van der Waals surface area contributed by atoms with Gasteiger partial charge in [0.2, 0.25) is 0 Å². The van der Waals surface area contributed by atoms with E-state index in [2.05, 4.69) is 39.5 Å². The van der Waals surface area contributed by atoms with Gasteiger partial charge >= 0.3 is 6.01 Å². The molecule has 11 heteroatoms. The van der Waals surface area contributed by atoms with Crippen LogP contribution >= 0.6 is 11.6 Å². The summed E-state index contributed by atoms with van der Waals surface area (Å²) < 4.78 is 33.4. The quantitative estimate of drug-likeness (QED) is 0.309. The largest absolute Gasteiger partial charge is 0.462 e. The molecule has 0 N–H and O–H groups in total. The molecule has 0 spiro atoms. The minimum atomic E-state index is -0.946. The van der Waals surface area contributed by atoms with Gasteiger partial charge in [0.25, 0.3) is 5.91 Å². The maximum Gasteiger partial charge on any atom is 0.318 e. The molecular formula is C32H37ClF2N6O2. The molecule has 1 aliphatic carbocycles. The second-order valence-corrected chi connectivity index (χ2v) is 12.1. The standard InChI is InChI=1S/C32H37ClF2N6O2/c1-22(35)30(42)40-16-14-39(15-17-40)29-24-10-13-41(27-9-4-7-23-6-3-8-25(33)28(23)27)20-26(24)36-31(37-29)43-19-18-38(2)32(21-34)11-5-12-32/h3-4,6-9H,1,5,10-21H2,2H3. The molecule has 0 radical (unpaired) electrons. The van der Waals surface area contributed by atoms with Crippen molar-refractivity contribution in [2.24, 2.45) is 0 Å². The van der Waals surface area contributed by atoms with Crippen molar-refractivity contribution < 1.29 is 18.3 Å². The van der Waals surface area contributed by atoms with Crippen molar-refractivity contribution in [1.82, 2.24) is 19.8 Å². The molecule has 6 rings (SSSR count). The molecule has 8 nitrogen and oxygen atoms in total. The number of halogens is 3. The van der Waals surface area contributed by atoms with Gasteiger partial charge in [-0.15, -0.1) is 0 Å². The molecule has 1 saturated carbocycles. The van der Waals surface area contributed by atoms with E-state index in [-0.39, 0.29) is 18.2 Å². The number of carbonyl (C=O) groups is 1. The predicted octanol–water partition coefficient (Wildman–Crippen LogP) is 5.18. The Morgan fingerprint density at radius 2 is 1.84 bits per heavy atom. The number of hydrogen-bond donors (Lipinski definition) is 0. The number of nitrogens with zero attached hydrogens (tertiary/aromatic N) is 6. The Balaban J connectivity index is 1.26. The fourth-order valence-electron chi connectivity index (χ4n) is 6.47. The van der Waals surface area contributed by atoms with Crippen LogP contribution in [-0.2, 0) is 17.8 Å². The first kappa shape index (κ1) is 29.6. The number of piperazine rings is 1. The van der Waals surface area contributed by atoms with Crippen LogP contribution in [0.2, 0.25) is 5.02 Å². The highest BCUT2D eigenvalue weighted by atomic mass is 35.5. The van der Waals surface area contributed by atoms with Gasteiger partial charge in [-0.2, -0.15) is 9.97 Å². The number of ether oxygens (including phenoxy) is 1. The fourth-order valence-corrected chi connectivity index (χ4v) is 6.74. The van der Waals surface area contributed by atoms with Crippen LogP contribution in [0.15, 0.2) is 48.8 Å². The summed E-state index contributed by atoms with van der Waals surface area (Å²) in [6, 6.07) is 12.4. The van der Waals surface area contributed by atoms with Crippen molar-refractivity contribution >= 4 is 39.8 Å². The van der Waals surface area contributed by atoms with E-state index in [0.29, 0.717) is 57.3 Å². The van der Waals surface area contributed by atoms with Crippen LogP contribution in [0, 0.1) is 0 Å². The number of fused-ring (bicyclic) bond motifs is 2. The van der Waals surface area contributed by atoms with E-state index in [9.17, 15) is 13.6 Å². The third-order valence-corrected chi connectivity index (χ3v) is 9.61. The lowest BCUT2D eigenvalue weighted by Crippen LogP contribution is -2.54. The van der Waals surface area contributed by atoms with Crippen molar-refractivity contribution in [1.29, 1.82) is 0 Å². The van der Waals surface area contributed by atoms with Gasteiger partial charge in [-0.05, 0) is 50.2 Å². The Morgan fingerprint density at radius 3 is 2.51 bits per heavy atom. The summed E-state index contributed by atoms with van der Waals surface area (Å²) in [6.45, 7) is 6.75. The van der Waals surface area contributed by atoms with Crippen molar-refractivity contribution in [3.63, 3.8) is 0 Å². The first-order chi connectivity index (χ1) is 20.8. The minimum Gasteiger partial charge on any atom is -0.462 e. The Bertz CT molecular complexity index is 1510. The lowest BCUT2D eigenvalue weighted by atomic mass is 9.76. The molecule has 0 atom stereocenters. The monoisotopic (exact) mass is 610 g/mol. The van der Waals surface area contributed by atoms with E-state index in [0.717, 1.165) is 59.3 Å². The molecule has 1 aromatic heterocycles. The molecule has 2 aliphatic heterocycles. The molecule has 43 heavy (non-hydrogen) atoms. The van der Waals surface area contributed by atoms with E-state index in [1.165, 1.54) is 4.90 Å². The minimum absolute atomic E-state index is 0.276. The summed E-state index contributed by atoms with van der Waals surface area (Å²) in [5.41, 5.74) is 2.59. The van der Waals surface area contributed by atoms with Gasteiger partial charge in [-0.3, -0.25) is 9.69 Å². The third-order valence-electron chi connectivity index (χ3n) is 9.29. The van der Waals surface area contributed by atoms with Gasteiger partial charge in [0.15, 0.2) is 5.83 Å². The summed E-state index contributed by atoms with van der Waals surface area (Å²) in [4.78, 5) is 29.8. The SMILES string of the molecule is C=C(F)C(=O)N1CCN(c2nc(OCCN(C)C3(CF)CCC3)nc3c2CCN(c2cccc4cccc(Cl)c24)C3)CC1. The second-order valence-electron chi connectivity index (χ2n) is 11.7. The lowest BCUT2D eigenvalue weighted by molar-refractivity contribution is -0.128. The number of hydrogen-bond acceptors (Lipinski definition) is 7. The Hall–Kier alpha value is -3.50. The van der Waals surface area contributed by atoms with E-state index >= 15 is 0 Å². The van der Waals surface area contributed by atoms with Gasteiger partial charge in [0, 0.05) is 61.4 Å². The number of alkyl halides is 1. The van der Waals surface area contributed by atoms with Gasteiger partial charge in [0.1, 0.15) is 19.1 Å². The summed E-state index contributed by atoms with van der Waals surface area (Å²) >= 11 is 6.66. The van der Waals surface area contributed by atoms with Crippen molar-refractivity contribution in [2.45, 2.75) is 37.8 Å². The van der Waals surface area contributed by atoms with Crippen molar-refractivity contribution in [2.75, 3.05) is 69.4 Å². The Labute approximate surface area is 255 Å². The van der Waals surface area contributed by atoms with E-state index in [4.69, 9.17) is 26.3 Å². The van der Waals surface area contributed by atoms with Crippen LogP contribution < -0.4 is 14.5 Å². The summed E-state index contributed by atoms with van der Waals surface area (Å²) in [6.07, 6.45) is 3.48. The zero-order valence-corrected chi connectivity index (χ0v) is 25.3. The molecule has 1 saturated heterocycles. The van der Waals surface area contributed by atoms with Gasteiger partial charge in [0.05, 0.1) is 17.3 Å². The summed E-state index contributed by atoms with van der Waals surface area (Å²) in [5, 5.41) is 2.79. The lowest BCUT2D eigenvalue weighted by Gasteiger charge is -2.46. The van der Waals surface area contributed by atoms with E-state index in [1.54, 1.807) is 0 Å². The van der Waals surface area contributed by atoms with Gasteiger partial charge in [-0.1, -0.05) is 42.4 Å². The number of carbonyl (C=O) groups excluding carboxylic acids is 1. The van der Waals surface area contributed by atoms with Crippen LogP contribution in [0.25, 0.3) is 10.8 Å². The molecule has 228 valence electrons. The first-order valence-electron chi connectivity index (χ1n) is 14.9. The smallest absolute Gasteiger partial charge is 0.318 e. The van der Waals surface area contributed by atoms with Crippen LogP contribution in [0.1, 0.15) is 30.5 Å². The van der Waals surface area contributed by atoms with Gasteiger partial charge in [-0.25, -0.2) is 8.78 Å². The fraction of sp³-hybridized carbons (Fsp3) is 0.469. The highest BCUT2D eigenvalue weighted by Crippen LogP contribution is 2.38. The molecule has 0 bridgehead atoms. The maximum atomic E-state index is 13.8. The molecule has 3 aromatic rings. The van der Waals surface area contributed by atoms with Crippen LogP contribution in [0.4, 0.5) is 20.3 Å². The predicted molar refractivity (Wildman–Crippen MR) is 165 cm³/mol. The number of aromatic nitrogens is 2. The molecule has 2 aromatic carbocycles. The zero-order valence-electron chi connectivity index (χ0n) is 24.5. The van der Waals surface area contributed by atoms with Crippen LogP contribution in [0.3, 0.4) is 0 Å². The average Bonchev–Trinajstić information content (AvgIpc) is 2.99. The normalized spacial score (nSPS) is 18.0. The Kier molecular flexibility index (Phi) is 8.42. The summed E-state index contributed by atoms with van der Waals surface area (Å²) in [7, 11) is 1.95. The molecule has 3 aliphatic rings. The molecule has 2 fully saturated rings. The number of anilines is 2. The first-order valence-corrected chi connectivity index (χ1v) is 15.3. The highest BCUT2D eigenvalue weighted by Gasteiger charge is 2.40. The molecule has 1 amide bonds. The molecule has 0 unspecified atom stereocenters. The number of benzene rings is 2. The summed E-state index contributed by atoms with van der Waals surface area (Å²) in [5.74, 6) is -0.827. The average molecular weight is 611 g/mol. The number of likely N-dealkylation sites (N-methyl/N-ethyl adjacent to an activating group) is 1. The van der Waals surface area contributed by atoms with Crippen molar-refractivity contribution in [3.8, 4) is 6.01 Å². The van der Waals surface area contributed by atoms with Crippen LogP contribution in [0.5, 0.6) is 6.01 Å². The zero-order chi connectivity index (χ0) is 30.1. The number of amides is 1. The molecular weight excluding hydrogens is 574 g/mol. The van der Waals surface area contributed by atoms with E-state index in [1.807, 2.05) is 25.2 Å². The van der Waals surface area contributed by atoms with Crippen molar-refractivity contribution in [3.05, 3.63) is 65.1 Å². The highest BCUT2D eigenvalue weighted by molar-refractivity contribution is 6.36.